The Morgan fingerprint density at radius 3 is 2.30 bits per heavy atom. The Hall–Kier alpha value is -1.88. The first kappa shape index (κ1) is 16.2. The Balaban J connectivity index is 2.49. The number of nitrogens with one attached hydrogen (secondary N) is 3. The van der Waals surface area contributed by atoms with E-state index in [1.165, 1.54) is 0 Å². The number of amides is 2. The number of hydrogen-bond donors (Lipinski definition) is 3. The number of carbonyl (C=O) groups is 2. The molecule has 1 aromatic rings. The van der Waals surface area contributed by atoms with Crippen molar-refractivity contribution in [1.29, 1.82) is 0 Å². The maximum atomic E-state index is 11.8. The monoisotopic (exact) mass is 277 g/mol. The number of carbonyl (C=O) groups excluding carboxylic acids is 2. The highest BCUT2D eigenvalue weighted by Crippen LogP contribution is 2.10. The van der Waals surface area contributed by atoms with Crippen LogP contribution in [0.5, 0.6) is 0 Å². The minimum Gasteiger partial charge on any atom is -0.351 e. The van der Waals surface area contributed by atoms with Crippen LogP contribution in [0.15, 0.2) is 24.3 Å². The summed E-state index contributed by atoms with van der Waals surface area (Å²) in [6, 6.07) is 6.88. The molecule has 0 aliphatic rings. The fraction of sp³-hybridized carbons (Fsp3) is 0.467. The molecular weight excluding hydrogens is 254 g/mol. The lowest BCUT2D eigenvalue weighted by Crippen LogP contribution is -2.31. The van der Waals surface area contributed by atoms with Gasteiger partial charge in [-0.3, -0.25) is 9.59 Å². The molecule has 110 valence electrons. The highest BCUT2D eigenvalue weighted by atomic mass is 16.2. The summed E-state index contributed by atoms with van der Waals surface area (Å²) in [5.74, 6) is -0.207. The van der Waals surface area contributed by atoms with Crippen molar-refractivity contribution in [1.82, 2.24) is 10.6 Å². The van der Waals surface area contributed by atoms with Crippen LogP contribution in [0.2, 0.25) is 0 Å². The lowest BCUT2D eigenvalue weighted by atomic mass is 10.1. The van der Waals surface area contributed by atoms with Crippen LogP contribution in [0.4, 0.5) is 5.69 Å². The van der Waals surface area contributed by atoms with E-state index in [2.05, 4.69) is 16.0 Å². The highest BCUT2D eigenvalue weighted by Gasteiger charge is 2.08. The van der Waals surface area contributed by atoms with Gasteiger partial charge in [-0.15, -0.1) is 0 Å². The van der Waals surface area contributed by atoms with E-state index >= 15 is 0 Å². The second kappa shape index (κ2) is 8.32. The molecule has 0 saturated carbocycles. The summed E-state index contributed by atoms with van der Waals surface area (Å²) >= 11 is 0. The number of benzene rings is 1. The summed E-state index contributed by atoms with van der Waals surface area (Å²) in [5.41, 5.74) is 1.29. The molecule has 0 heterocycles. The minimum atomic E-state index is -0.107. The van der Waals surface area contributed by atoms with Crippen LogP contribution in [0, 0.1) is 5.92 Å². The normalized spacial score (nSPS) is 10.4. The van der Waals surface area contributed by atoms with Crippen molar-refractivity contribution in [2.45, 2.75) is 20.8 Å². The van der Waals surface area contributed by atoms with Crippen LogP contribution in [-0.2, 0) is 4.79 Å². The van der Waals surface area contributed by atoms with E-state index in [4.69, 9.17) is 0 Å². The molecule has 0 aliphatic heterocycles. The molecule has 1 aromatic carbocycles. The lowest BCUT2D eigenvalue weighted by Gasteiger charge is -2.09. The second-order valence-electron chi connectivity index (χ2n) is 4.83. The number of rotatable bonds is 7. The van der Waals surface area contributed by atoms with Crippen molar-refractivity contribution in [3.63, 3.8) is 0 Å². The van der Waals surface area contributed by atoms with Gasteiger partial charge in [-0.25, -0.2) is 0 Å². The van der Waals surface area contributed by atoms with Gasteiger partial charge in [-0.2, -0.15) is 0 Å². The third-order valence-electron chi connectivity index (χ3n) is 2.78. The first-order valence-electron chi connectivity index (χ1n) is 6.94. The summed E-state index contributed by atoms with van der Waals surface area (Å²) < 4.78 is 0. The SMILES string of the molecule is CCNCCNC(=O)c1ccc(NC(=O)C(C)C)cc1. The Kier molecular flexibility index (Phi) is 6.73. The van der Waals surface area contributed by atoms with Crippen LogP contribution in [0.1, 0.15) is 31.1 Å². The fourth-order valence-corrected chi connectivity index (χ4v) is 1.53. The van der Waals surface area contributed by atoms with Gasteiger partial charge in [0.2, 0.25) is 5.91 Å². The van der Waals surface area contributed by atoms with Crippen LogP contribution >= 0.6 is 0 Å². The van der Waals surface area contributed by atoms with Gasteiger partial charge in [0.05, 0.1) is 0 Å². The van der Waals surface area contributed by atoms with Crippen LogP contribution in [0.3, 0.4) is 0 Å². The molecule has 3 N–H and O–H groups in total. The molecule has 5 heteroatoms. The summed E-state index contributed by atoms with van der Waals surface area (Å²) in [6.07, 6.45) is 0. The van der Waals surface area contributed by atoms with Crippen molar-refractivity contribution in [3.8, 4) is 0 Å². The molecule has 0 spiro atoms. The summed E-state index contributed by atoms with van der Waals surface area (Å²) in [5, 5.41) is 8.74. The smallest absolute Gasteiger partial charge is 0.251 e. The highest BCUT2D eigenvalue weighted by molar-refractivity contribution is 5.96. The Bertz CT molecular complexity index is 441. The molecule has 1 rings (SSSR count). The number of anilines is 1. The zero-order valence-corrected chi connectivity index (χ0v) is 12.3. The van der Waals surface area contributed by atoms with E-state index in [-0.39, 0.29) is 17.7 Å². The summed E-state index contributed by atoms with van der Waals surface area (Å²) in [4.78, 5) is 23.4. The predicted molar refractivity (Wildman–Crippen MR) is 80.8 cm³/mol. The van der Waals surface area contributed by atoms with Crippen LogP contribution in [0.25, 0.3) is 0 Å². The lowest BCUT2D eigenvalue weighted by molar-refractivity contribution is -0.118. The molecule has 5 nitrogen and oxygen atoms in total. The van der Waals surface area contributed by atoms with Crippen LogP contribution < -0.4 is 16.0 Å². The quantitative estimate of drug-likeness (QED) is 0.663. The topological polar surface area (TPSA) is 70.2 Å². The molecule has 0 bridgehead atoms. The van der Waals surface area contributed by atoms with Gasteiger partial charge >= 0.3 is 0 Å². The molecule has 0 fully saturated rings. The maximum absolute atomic E-state index is 11.8. The summed E-state index contributed by atoms with van der Waals surface area (Å²) in [6.45, 7) is 7.93. The fourth-order valence-electron chi connectivity index (χ4n) is 1.53. The molecule has 0 unspecified atom stereocenters. The van der Waals surface area contributed by atoms with E-state index < -0.39 is 0 Å². The Morgan fingerprint density at radius 2 is 1.75 bits per heavy atom. The zero-order valence-electron chi connectivity index (χ0n) is 12.3. The predicted octanol–water partition coefficient (Wildman–Crippen LogP) is 1.62. The standard InChI is InChI=1S/C15H23N3O2/c1-4-16-9-10-17-15(20)12-5-7-13(8-6-12)18-14(19)11(2)3/h5-8,11,16H,4,9-10H2,1-3H3,(H,17,20)(H,18,19). The summed E-state index contributed by atoms with van der Waals surface area (Å²) in [7, 11) is 0. The first-order chi connectivity index (χ1) is 9.54. The van der Waals surface area contributed by atoms with Crippen molar-refractivity contribution in [3.05, 3.63) is 29.8 Å². The van der Waals surface area contributed by atoms with Gasteiger partial charge in [-0.1, -0.05) is 20.8 Å². The third-order valence-corrected chi connectivity index (χ3v) is 2.78. The first-order valence-corrected chi connectivity index (χ1v) is 6.94. The average molecular weight is 277 g/mol. The van der Waals surface area contributed by atoms with E-state index in [1.807, 2.05) is 20.8 Å². The largest absolute Gasteiger partial charge is 0.351 e. The molecule has 20 heavy (non-hydrogen) atoms. The van der Waals surface area contributed by atoms with Crippen molar-refractivity contribution >= 4 is 17.5 Å². The van der Waals surface area contributed by atoms with Gasteiger partial charge in [0.15, 0.2) is 0 Å². The second-order valence-corrected chi connectivity index (χ2v) is 4.83. The molecule has 0 atom stereocenters. The molecule has 0 saturated heterocycles. The van der Waals surface area contributed by atoms with Gasteiger partial charge in [0, 0.05) is 30.3 Å². The molecule has 0 aliphatic carbocycles. The van der Waals surface area contributed by atoms with Gasteiger partial charge < -0.3 is 16.0 Å². The Morgan fingerprint density at radius 1 is 1.10 bits per heavy atom. The van der Waals surface area contributed by atoms with Gasteiger partial charge in [0.1, 0.15) is 0 Å². The molecule has 0 radical (unpaired) electrons. The minimum absolute atomic E-state index is 0.0344. The van der Waals surface area contributed by atoms with Crippen LogP contribution in [-0.4, -0.2) is 31.4 Å². The van der Waals surface area contributed by atoms with E-state index in [1.54, 1.807) is 24.3 Å². The van der Waals surface area contributed by atoms with E-state index in [0.29, 0.717) is 17.8 Å². The number of hydrogen-bond acceptors (Lipinski definition) is 3. The molecule has 0 aromatic heterocycles. The van der Waals surface area contributed by atoms with Gasteiger partial charge in [0.25, 0.3) is 5.91 Å². The van der Waals surface area contributed by atoms with Crippen molar-refractivity contribution in [2.75, 3.05) is 25.0 Å². The third kappa shape index (κ3) is 5.40. The average Bonchev–Trinajstić information content (AvgIpc) is 2.44. The Labute approximate surface area is 120 Å². The number of likely N-dealkylation sites (N-methyl/N-ethyl adjacent to an activating group) is 1. The van der Waals surface area contributed by atoms with E-state index in [0.717, 1.165) is 13.1 Å². The van der Waals surface area contributed by atoms with Gasteiger partial charge in [-0.05, 0) is 30.8 Å². The molecular formula is C15H23N3O2. The van der Waals surface area contributed by atoms with E-state index in [9.17, 15) is 9.59 Å². The van der Waals surface area contributed by atoms with Crippen molar-refractivity contribution < 1.29 is 9.59 Å². The zero-order chi connectivity index (χ0) is 15.0. The maximum Gasteiger partial charge on any atom is 0.251 e. The van der Waals surface area contributed by atoms with Crippen molar-refractivity contribution in [2.24, 2.45) is 5.92 Å². The molecule has 2 amide bonds.